The van der Waals surface area contributed by atoms with Crippen LogP contribution in [0.3, 0.4) is 0 Å². The Balaban J connectivity index is 2.49. The number of carbonyl (C=O) groups excluding carboxylic acids is 2. The fourth-order valence-electron chi connectivity index (χ4n) is 3.25. The lowest BCUT2D eigenvalue weighted by Crippen LogP contribution is -2.52. The van der Waals surface area contributed by atoms with Crippen molar-refractivity contribution >= 4 is 50.7 Å². The molecule has 0 aliphatic rings. The zero-order valence-electron chi connectivity index (χ0n) is 19.9. The Hall–Kier alpha value is -2.50. The molecule has 7 nitrogen and oxygen atoms in total. The molecule has 2 aromatic rings. The first-order chi connectivity index (χ1) is 16.5. The van der Waals surface area contributed by atoms with E-state index in [0.717, 1.165) is 17.2 Å². The molecular formula is C23H26Cl2F3N3O4S. The van der Waals surface area contributed by atoms with E-state index in [1.807, 2.05) is 0 Å². The van der Waals surface area contributed by atoms with Gasteiger partial charge in [-0.15, -0.1) is 0 Å². The van der Waals surface area contributed by atoms with E-state index < -0.39 is 51.9 Å². The van der Waals surface area contributed by atoms with Crippen molar-refractivity contribution in [2.24, 2.45) is 0 Å². The van der Waals surface area contributed by atoms with Crippen molar-refractivity contribution in [3.63, 3.8) is 0 Å². The van der Waals surface area contributed by atoms with Crippen LogP contribution in [-0.2, 0) is 32.3 Å². The standard InChI is InChI=1S/C23H26Cl2F3N3O4S/c1-14(2)29-22(33)15(3)30(12-16-5-8-18(24)9-6-16)21(32)13-31(36(4,34)35)20-11-17(23(26,27)28)7-10-19(20)25/h5-11,14-15H,12-13H2,1-4H3,(H,29,33)/t15-/m1/s1. The molecule has 0 aliphatic carbocycles. The predicted molar refractivity (Wildman–Crippen MR) is 133 cm³/mol. The van der Waals surface area contributed by atoms with Crippen LogP contribution < -0.4 is 9.62 Å². The Kier molecular flexibility index (Phi) is 9.66. The molecule has 1 atom stereocenters. The number of nitrogens with one attached hydrogen (secondary N) is 1. The molecule has 0 aromatic heterocycles. The molecule has 0 saturated carbocycles. The van der Waals surface area contributed by atoms with Gasteiger partial charge in [0.05, 0.1) is 22.5 Å². The second kappa shape index (κ2) is 11.7. The Morgan fingerprint density at radius 1 is 1.03 bits per heavy atom. The van der Waals surface area contributed by atoms with E-state index in [1.165, 1.54) is 6.92 Å². The number of benzene rings is 2. The quantitative estimate of drug-likeness (QED) is 0.475. The van der Waals surface area contributed by atoms with Crippen molar-refractivity contribution in [3.8, 4) is 0 Å². The zero-order valence-corrected chi connectivity index (χ0v) is 22.3. The van der Waals surface area contributed by atoms with Gasteiger partial charge in [-0.3, -0.25) is 13.9 Å². The summed E-state index contributed by atoms with van der Waals surface area (Å²) < 4.78 is 65.5. The maximum Gasteiger partial charge on any atom is 0.416 e. The summed E-state index contributed by atoms with van der Waals surface area (Å²) in [6.45, 7) is 3.96. The van der Waals surface area contributed by atoms with Gasteiger partial charge in [0.25, 0.3) is 0 Å². The molecule has 0 radical (unpaired) electrons. The minimum absolute atomic E-state index is 0.0867. The summed E-state index contributed by atoms with van der Waals surface area (Å²) in [5, 5.41) is 2.84. The minimum atomic E-state index is -4.77. The number of carbonyl (C=O) groups is 2. The van der Waals surface area contributed by atoms with Gasteiger partial charge < -0.3 is 10.2 Å². The highest BCUT2D eigenvalue weighted by molar-refractivity contribution is 7.92. The first-order valence-corrected chi connectivity index (χ1v) is 13.3. The molecule has 0 unspecified atom stereocenters. The molecule has 36 heavy (non-hydrogen) atoms. The lowest BCUT2D eigenvalue weighted by atomic mass is 10.1. The van der Waals surface area contributed by atoms with Gasteiger partial charge in [-0.1, -0.05) is 35.3 Å². The van der Waals surface area contributed by atoms with E-state index in [9.17, 15) is 31.2 Å². The van der Waals surface area contributed by atoms with Gasteiger partial charge in [0.15, 0.2) is 0 Å². The van der Waals surface area contributed by atoms with E-state index in [1.54, 1.807) is 38.1 Å². The maximum absolute atomic E-state index is 13.4. The lowest BCUT2D eigenvalue weighted by Gasteiger charge is -2.32. The molecule has 13 heteroatoms. The molecule has 2 amide bonds. The van der Waals surface area contributed by atoms with Crippen LogP contribution in [0.5, 0.6) is 0 Å². The number of hydrogen-bond acceptors (Lipinski definition) is 4. The van der Waals surface area contributed by atoms with Crippen LogP contribution in [0.25, 0.3) is 0 Å². The average molecular weight is 568 g/mol. The molecule has 198 valence electrons. The topological polar surface area (TPSA) is 86.8 Å². The van der Waals surface area contributed by atoms with Crippen LogP contribution >= 0.6 is 23.2 Å². The number of rotatable bonds is 9. The van der Waals surface area contributed by atoms with Crippen molar-refractivity contribution in [3.05, 3.63) is 63.6 Å². The summed E-state index contributed by atoms with van der Waals surface area (Å²) >= 11 is 12.0. The highest BCUT2D eigenvalue weighted by Crippen LogP contribution is 2.36. The first-order valence-electron chi connectivity index (χ1n) is 10.7. The largest absolute Gasteiger partial charge is 0.416 e. The number of halogens is 5. The number of sulfonamides is 1. The van der Waals surface area contributed by atoms with Crippen LogP contribution in [0, 0.1) is 0 Å². The second-order valence-electron chi connectivity index (χ2n) is 8.42. The van der Waals surface area contributed by atoms with Gasteiger partial charge >= 0.3 is 6.18 Å². The van der Waals surface area contributed by atoms with Crippen molar-refractivity contribution < 1.29 is 31.2 Å². The van der Waals surface area contributed by atoms with E-state index in [2.05, 4.69) is 5.32 Å². The zero-order chi connectivity index (χ0) is 27.4. The third-order valence-electron chi connectivity index (χ3n) is 5.09. The Morgan fingerprint density at radius 3 is 2.11 bits per heavy atom. The van der Waals surface area contributed by atoms with Crippen LogP contribution in [0.4, 0.5) is 18.9 Å². The van der Waals surface area contributed by atoms with Gasteiger partial charge in [0, 0.05) is 17.6 Å². The van der Waals surface area contributed by atoms with E-state index in [-0.39, 0.29) is 17.6 Å². The lowest BCUT2D eigenvalue weighted by molar-refractivity contribution is -0.139. The molecule has 0 saturated heterocycles. The molecule has 0 aliphatic heterocycles. The van der Waals surface area contributed by atoms with Crippen LogP contribution in [0.15, 0.2) is 42.5 Å². The smallest absolute Gasteiger partial charge is 0.352 e. The second-order valence-corrected chi connectivity index (χ2v) is 11.2. The number of alkyl halides is 3. The minimum Gasteiger partial charge on any atom is -0.352 e. The van der Waals surface area contributed by atoms with Crippen molar-refractivity contribution in [1.29, 1.82) is 0 Å². The molecule has 2 rings (SSSR count). The van der Waals surface area contributed by atoms with Gasteiger partial charge in [0.1, 0.15) is 12.6 Å². The van der Waals surface area contributed by atoms with Crippen LogP contribution in [0.1, 0.15) is 31.9 Å². The number of hydrogen-bond donors (Lipinski definition) is 1. The van der Waals surface area contributed by atoms with E-state index in [4.69, 9.17) is 23.2 Å². The van der Waals surface area contributed by atoms with Crippen molar-refractivity contribution in [2.45, 2.75) is 45.6 Å². The summed E-state index contributed by atoms with van der Waals surface area (Å²) in [6, 6.07) is 7.35. The van der Waals surface area contributed by atoms with Gasteiger partial charge in [-0.05, 0) is 56.7 Å². The SMILES string of the molecule is CC(C)NC(=O)[C@@H](C)N(Cc1ccc(Cl)cc1)C(=O)CN(c1cc(C(F)(F)F)ccc1Cl)S(C)(=O)=O. The summed E-state index contributed by atoms with van der Waals surface area (Å²) in [6.07, 6.45) is -4.02. The molecular weight excluding hydrogens is 542 g/mol. The summed E-state index contributed by atoms with van der Waals surface area (Å²) in [7, 11) is -4.26. The first kappa shape index (κ1) is 29.7. The highest BCUT2D eigenvalue weighted by Gasteiger charge is 2.34. The average Bonchev–Trinajstić information content (AvgIpc) is 2.75. The molecule has 2 aromatic carbocycles. The molecule has 0 spiro atoms. The third kappa shape index (κ3) is 8.01. The third-order valence-corrected chi connectivity index (χ3v) is 6.78. The van der Waals surface area contributed by atoms with Crippen molar-refractivity contribution in [1.82, 2.24) is 10.2 Å². The van der Waals surface area contributed by atoms with Crippen LogP contribution in [0.2, 0.25) is 10.0 Å². The summed E-state index contributed by atoms with van der Waals surface area (Å²) in [5.74, 6) is -1.31. The molecule has 0 bridgehead atoms. The van der Waals surface area contributed by atoms with Crippen molar-refractivity contribution in [2.75, 3.05) is 17.1 Å². The van der Waals surface area contributed by atoms with E-state index in [0.29, 0.717) is 27.0 Å². The number of nitrogens with zero attached hydrogens (tertiary/aromatic N) is 2. The molecule has 0 heterocycles. The predicted octanol–water partition coefficient (Wildman–Crippen LogP) is 4.72. The Bertz CT molecular complexity index is 1210. The summed E-state index contributed by atoms with van der Waals surface area (Å²) in [4.78, 5) is 27.3. The highest BCUT2D eigenvalue weighted by atomic mass is 35.5. The van der Waals surface area contributed by atoms with E-state index >= 15 is 0 Å². The van der Waals surface area contributed by atoms with Gasteiger partial charge in [-0.2, -0.15) is 13.2 Å². The normalized spacial score (nSPS) is 12.8. The van der Waals surface area contributed by atoms with Gasteiger partial charge in [0.2, 0.25) is 21.8 Å². The fraction of sp³-hybridized carbons (Fsp3) is 0.391. The number of anilines is 1. The fourth-order valence-corrected chi connectivity index (χ4v) is 4.50. The maximum atomic E-state index is 13.4. The summed E-state index contributed by atoms with van der Waals surface area (Å²) in [5.41, 5.74) is -1.04. The number of amides is 2. The molecule has 0 fully saturated rings. The Morgan fingerprint density at radius 2 is 1.61 bits per heavy atom. The molecule has 1 N–H and O–H groups in total. The van der Waals surface area contributed by atoms with Gasteiger partial charge in [-0.25, -0.2) is 8.42 Å². The Labute approximate surface area is 218 Å². The van der Waals surface area contributed by atoms with Crippen LogP contribution in [-0.4, -0.2) is 50.0 Å². The monoisotopic (exact) mass is 567 g/mol.